The molecule has 3 heterocycles. The molecule has 0 spiro atoms. The van der Waals surface area contributed by atoms with Gasteiger partial charge in [0, 0.05) is 29.8 Å². The van der Waals surface area contributed by atoms with Gasteiger partial charge < -0.3 is 10.1 Å². The van der Waals surface area contributed by atoms with Crippen molar-refractivity contribution in [2.45, 2.75) is 37.8 Å². The topological polar surface area (TPSA) is 94.3 Å². The first-order valence-electron chi connectivity index (χ1n) is 11.4. The highest BCUT2D eigenvalue weighted by Gasteiger charge is 2.36. The third-order valence-electron chi connectivity index (χ3n) is 6.01. The van der Waals surface area contributed by atoms with Gasteiger partial charge in [-0.3, -0.25) is 19.3 Å². The molecular formula is C25H25ClN6O2. The lowest BCUT2D eigenvalue weighted by Gasteiger charge is -2.35. The van der Waals surface area contributed by atoms with Crippen molar-refractivity contribution >= 4 is 23.2 Å². The Hall–Kier alpha value is -3.36. The predicted molar refractivity (Wildman–Crippen MR) is 130 cm³/mol. The smallest absolute Gasteiger partial charge is 0.270 e. The molecule has 5 rings (SSSR count). The van der Waals surface area contributed by atoms with Crippen LogP contribution in [0, 0.1) is 0 Å². The maximum absolute atomic E-state index is 12.4. The summed E-state index contributed by atoms with van der Waals surface area (Å²) in [6, 6.07) is 13.0. The Kier molecular flexibility index (Phi) is 6.51. The summed E-state index contributed by atoms with van der Waals surface area (Å²) >= 11 is 6.30. The second-order valence-electron chi connectivity index (χ2n) is 8.33. The summed E-state index contributed by atoms with van der Waals surface area (Å²) in [5.41, 5.74) is 2.06. The zero-order valence-corrected chi connectivity index (χ0v) is 19.5. The number of halogens is 1. The first kappa shape index (κ1) is 22.4. The number of allylic oxidation sites excluding steroid dienone is 1. The van der Waals surface area contributed by atoms with Crippen LogP contribution in [0.3, 0.4) is 0 Å². The van der Waals surface area contributed by atoms with Gasteiger partial charge in [0.25, 0.3) is 5.91 Å². The summed E-state index contributed by atoms with van der Waals surface area (Å²) in [6.07, 6.45) is 7.08. The molecule has 34 heavy (non-hydrogen) atoms. The Labute approximate surface area is 202 Å². The summed E-state index contributed by atoms with van der Waals surface area (Å²) in [5.74, 6) is 1.50. The van der Waals surface area contributed by atoms with E-state index in [0.717, 1.165) is 30.1 Å². The molecule has 1 aliphatic carbocycles. The molecule has 1 saturated carbocycles. The maximum atomic E-state index is 12.4. The molecule has 2 aromatic heterocycles. The van der Waals surface area contributed by atoms with Crippen LogP contribution in [0.5, 0.6) is 0 Å². The molecule has 1 N–H and O–H groups in total. The van der Waals surface area contributed by atoms with E-state index in [1.165, 1.54) is 0 Å². The number of nitrogens with zero attached hydrogens (tertiary/aromatic N) is 5. The minimum Gasteiger partial charge on any atom is -0.372 e. The number of aromatic nitrogens is 4. The predicted octanol–water partition coefficient (Wildman–Crippen LogP) is 3.76. The van der Waals surface area contributed by atoms with Crippen molar-refractivity contribution in [3.8, 4) is 5.69 Å². The van der Waals surface area contributed by atoms with Crippen LogP contribution < -0.4 is 5.32 Å². The molecule has 1 atom stereocenters. The van der Waals surface area contributed by atoms with Crippen molar-refractivity contribution in [3.05, 3.63) is 83.2 Å². The van der Waals surface area contributed by atoms with E-state index in [-0.39, 0.29) is 24.0 Å². The number of hydrogen-bond donors (Lipinski definition) is 1. The summed E-state index contributed by atoms with van der Waals surface area (Å²) in [6.45, 7) is 3.16. The monoisotopic (exact) mass is 476 g/mol. The normalized spacial score (nSPS) is 21.6. The molecule has 3 aromatic rings. The third kappa shape index (κ3) is 4.64. The second kappa shape index (κ2) is 9.87. The minimum absolute atomic E-state index is 0.0223. The minimum atomic E-state index is -0.161. The lowest BCUT2D eigenvalue weighted by molar-refractivity contribution is 0.0902. The van der Waals surface area contributed by atoms with Crippen molar-refractivity contribution in [1.29, 1.82) is 0 Å². The lowest BCUT2D eigenvalue weighted by atomic mass is 9.79. The van der Waals surface area contributed by atoms with Crippen LogP contribution in [0.2, 0.25) is 5.02 Å². The van der Waals surface area contributed by atoms with Gasteiger partial charge in [-0.15, -0.1) is 10.2 Å². The zero-order valence-electron chi connectivity index (χ0n) is 18.8. The standard InChI is InChI=1S/C25H25ClN6O2/c1-2-34-20-9-10-21(28-15-20)24-31-30-23(32(24)19-7-5-6-17(26)14-19)16-12-18(13-16)29-25(33)22-8-3-4-11-27-22/h3-11,14,16,18,20H,2,12-13,15H2,1H3,(H,29,33). The van der Waals surface area contributed by atoms with Crippen LogP contribution in [0.1, 0.15) is 47.8 Å². The second-order valence-corrected chi connectivity index (χ2v) is 8.77. The molecule has 2 aliphatic rings. The number of amides is 1. The van der Waals surface area contributed by atoms with Crippen molar-refractivity contribution < 1.29 is 9.53 Å². The van der Waals surface area contributed by atoms with E-state index in [4.69, 9.17) is 21.3 Å². The number of pyridine rings is 1. The molecule has 0 radical (unpaired) electrons. The Morgan fingerprint density at radius 2 is 2.09 bits per heavy atom. The highest BCUT2D eigenvalue weighted by atomic mass is 35.5. The van der Waals surface area contributed by atoms with E-state index in [1.54, 1.807) is 24.4 Å². The van der Waals surface area contributed by atoms with Crippen molar-refractivity contribution in [1.82, 2.24) is 25.1 Å². The maximum Gasteiger partial charge on any atom is 0.270 e. The molecule has 1 aromatic carbocycles. The van der Waals surface area contributed by atoms with Crippen LogP contribution in [-0.2, 0) is 4.74 Å². The SMILES string of the molecule is CCOC1C=CC(c2nnc(C3CC(NC(=O)c4ccccn4)C3)n2-c2cccc(Cl)c2)=NC1. The van der Waals surface area contributed by atoms with Crippen molar-refractivity contribution in [2.24, 2.45) is 4.99 Å². The quantitative estimate of drug-likeness (QED) is 0.560. The lowest BCUT2D eigenvalue weighted by Crippen LogP contribution is -2.44. The first-order valence-corrected chi connectivity index (χ1v) is 11.8. The molecule has 174 valence electrons. The van der Waals surface area contributed by atoms with Crippen LogP contribution in [0.25, 0.3) is 5.69 Å². The average Bonchev–Trinajstić information content (AvgIpc) is 3.27. The molecule has 0 bridgehead atoms. The Bertz CT molecular complexity index is 1230. The molecule has 1 fully saturated rings. The van der Waals surface area contributed by atoms with E-state index >= 15 is 0 Å². The van der Waals surface area contributed by atoms with Crippen molar-refractivity contribution in [2.75, 3.05) is 13.2 Å². The number of rotatable bonds is 7. The van der Waals surface area contributed by atoms with Crippen LogP contribution in [0.4, 0.5) is 0 Å². The molecule has 8 nitrogen and oxygen atoms in total. The fourth-order valence-corrected chi connectivity index (χ4v) is 4.45. The number of aliphatic imine (C=N–C) groups is 1. The Balaban J connectivity index is 1.37. The first-order chi connectivity index (χ1) is 16.6. The van der Waals surface area contributed by atoms with Gasteiger partial charge in [0.1, 0.15) is 17.2 Å². The number of hydrogen-bond acceptors (Lipinski definition) is 6. The van der Waals surface area contributed by atoms with E-state index in [9.17, 15) is 4.79 Å². The number of carbonyl (C=O) groups excluding carboxylic acids is 1. The Morgan fingerprint density at radius 1 is 1.21 bits per heavy atom. The summed E-state index contributed by atoms with van der Waals surface area (Å²) in [5, 5.41) is 12.7. The highest BCUT2D eigenvalue weighted by molar-refractivity contribution is 6.30. The fourth-order valence-electron chi connectivity index (χ4n) is 4.27. The van der Waals surface area contributed by atoms with Gasteiger partial charge >= 0.3 is 0 Å². The number of nitrogens with one attached hydrogen (secondary N) is 1. The van der Waals surface area contributed by atoms with Crippen LogP contribution in [0.15, 0.2) is 65.8 Å². The van der Waals surface area contributed by atoms with Gasteiger partial charge in [0.2, 0.25) is 0 Å². The van der Waals surface area contributed by atoms with Crippen LogP contribution in [-0.4, -0.2) is 56.7 Å². The fraction of sp³-hybridized carbons (Fsp3) is 0.320. The molecule has 9 heteroatoms. The third-order valence-corrected chi connectivity index (χ3v) is 6.25. The van der Waals surface area contributed by atoms with Crippen LogP contribution >= 0.6 is 11.6 Å². The van der Waals surface area contributed by atoms with E-state index in [1.807, 2.05) is 47.9 Å². The molecule has 1 amide bonds. The van der Waals surface area contributed by atoms with E-state index < -0.39 is 0 Å². The van der Waals surface area contributed by atoms with E-state index in [2.05, 4.69) is 20.5 Å². The largest absolute Gasteiger partial charge is 0.372 e. The summed E-state index contributed by atoms with van der Waals surface area (Å²) in [4.78, 5) is 21.3. The van der Waals surface area contributed by atoms with Gasteiger partial charge in [-0.1, -0.05) is 29.8 Å². The zero-order chi connectivity index (χ0) is 23.5. The van der Waals surface area contributed by atoms with Gasteiger partial charge in [-0.2, -0.15) is 0 Å². The molecular weight excluding hydrogens is 452 g/mol. The number of dihydropyridines is 1. The van der Waals surface area contributed by atoms with Gasteiger partial charge in [0.15, 0.2) is 5.82 Å². The molecule has 0 saturated heterocycles. The molecule has 1 unspecified atom stereocenters. The number of ether oxygens (including phenoxy) is 1. The summed E-state index contributed by atoms with van der Waals surface area (Å²) in [7, 11) is 0. The summed E-state index contributed by atoms with van der Waals surface area (Å²) < 4.78 is 7.68. The van der Waals surface area contributed by atoms with Crippen molar-refractivity contribution in [3.63, 3.8) is 0 Å². The molecule has 1 aliphatic heterocycles. The van der Waals surface area contributed by atoms with Gasteiger partial charge in [-0.05, 0) is 56.2 Å². The van der Waals surface area contributed by atoms with Gasteiger partial charge in [-0.25, -0.2) is 0 Å². The van der Waals surface area contributed by atoms with Gasteiger partial charge in [0.05, 0.1) is 18.3 Å². The van der Waals surface area contributed by atoms with E-state index in [0.29, 0.717) is 29.7 Å². The number of benzene rings is 1. The average molecular weight is 477 g/mol. The Morgan fingerprint density at radius 3 is 2.79 bits per heavy atom. The number of carbonyl (C=O) groups is 1. The highest BCUT2D eigenvalue weighted by Crippen LogP contribution is 2.37.